The fraction of sp³-hybridized carbons (Fsp3) is 0.467. The fourth-order valence-electron chi connectivity index (χ4n) is 2.41. The lowest BCUT2D eigenvalue weighted by Gasteiger charge is -2.16. The van der Waals surface area contributed by atoms with Crippen molar-refractivity contribution in [1.29, 1.82) is 0 Å². The zero-order valence-electron chi connectivity index (χ0n) is 11.9. The number of rotatable bonds is 6. The molecule has 114 valence electrons. The summed E-state index contributed by atoms with van der Waals surface area (Å²) < 4.78 is 5.60. The zero-order chi connectivity index (χ0) is 15.2. The molecule has 0 spiro atoms. The van der Waals surface area contributed by atoms with Crippen LogP contribution in [0.15, 0.2) is 18.2 Å². The molecular weight excluding hydrogens is 290 g/mol. The van der Waals surface area contributed by atoms with Gasteiger partial charge in [-0.15, -0.1) is 11.3 Å². The van der Waals surface area contributed by atoms with Crippen molar-refractivity contribution in [3.8, 4) is 0 Å². The third-order valence-corrected chi connectivity index (χ3v) is 4.56. The third kappa shape index (κ3) is 4.41. The second-order valence-electron chi connectivity index (χ2n) is 4.95. The molecule has 1 fully saturated rings. The van der Waals surface area contributed by atoms with E-state index in [2.05, 4.69) is 12.2 Å². The van der Waals surface area contributed by atoms with Gasteiger partial charge >= 0.3 is 5.97 Å². The van der Waals surface area contributed by atoms with Gasteiger partial charge in [-0.3, -0.25) is 4.79 Å². The largest absolute Gasteiger partial charge is 0.478 e. The Morgan fingerprint density at radius 3 is 3.05 bits per heavy atom. The maximum absolute atomic E-state index is 12.1. The first-order valence-electron chi connectivity index (χ1n) is 7.00. The summed E-state index contributed by atoms with van der Waals surface area (Å²) in [6.45, 7) is 3.48. The third-order valence-electron chi connectivity index (χ3n) is 3.51. The van der Waals surface area contributed by atoms with Gasteiger partial charge in [0.15, 0.2) is 0 Å². The van der Waals surface area contributed by atoms with E-state index in [0.717, 1.165) is 30.4 Å². The lowest BCUT2D eigenvalue weighted by atomic mass is 10.00. The van der Waals surface area contributed by atoms with E-state index in [1.165, 1.54) is 17.4 Å². The maximum atomic E-state index is 12.1. The van der Waals surface area contributed by atoms with Crippen LogP contribution in [0, 0.1) is 5.92 Å². The monoisotopic (exact) mass is 309 g/mol. The molecule has 2 unspecified atom stereocenters. The van der Waals surface area contributed by atoms with Gasteiger partial charge in [0.25, 0.3) is 5.91 Å². The van der Waals surface area contributed by atoms with Crippen LogP contribution in [-0.2, 0) is 9.53 Å². The molecule has 5 nitrogen and oxygen atoms in total. The van der Waals surface area contributed by atoms with Crippen molar-refractivity contribution >= 4 is 29.3 Å². The Kier molecular flexibility index (Phi) is 5.52. The van der Waals surface area contributed by atoms with Crippen molar-refractivity contribution in [2.45, 2.75) is 25.9 Å². The van der Waals surface area contributed by atoms with Gasteiger partial charge in [-0.25, -0.2) is 4.79 Å². The molecule has 2 N–H and O–H groups in total. The number of hydrogen-bond acceptors (Lipinski definition) is 4. The van der Waals surface area contributed by atoms with Gasteiger partial charge in [0, 0.05) is 30.0 Å². The summed E-state index contributed by atoms with van der Waals surface area (Å²) in [4.78, 5) is 23.9. The van der Waals surface area contributed by atoms with Crippen molar-refractivity contribution in [1.82, 2.24) is 5.32 Å². The van der Waals surface area contributed by atoms with Gasteiger partial charge in [0.05, 0.1) is 11.0 Å². The summed E-state index contributed by atoms with van der Waals surface area (Å²) in [5.74, 6) is -0.733. The predicted octanol–water partition coefficient (Wildman–Crippen LogP) is 2.39. The van der Waals surface area contributed by atoms with Gasteiger partial charge in [-0.2, -0.15) is 0 Å². The Morgan fingerprint density at radius 1 is 1.52 bits per heavy atom. The summed E-state index contributed by atoms with van der Waals surface area (Å²) >= 11 is 1.28. The first kappa shape index (κ1) is 15.7. The fourth-order valence-corrected chi connectivity index (χ4v) is 3.23. The molecule has 1 aliphatic rings. The molecule has 0 saturated carbocycles. The molecule has 21 heavy (non-hydrogen) atoms. The van der Waals surface area contributed by atoms with Crippen LogP contribution in [0.2, 0.25) is 0 Å². The minimum Gasteiger partial charge on any atom is -0.478 e. The van der Waals surface area contributed by atoms with E-state index in [-0.39, 0.29) is 12.0 Å². The van der Waals surface area contributed by atoms with Crippen LogP contribution in [0.1, 0.15) is 34.3 Å². The smallest absolute Gasteiger partial charge is 0.328 e. The van der Waals surface area contributed by atoms with E-state index in [0.29, 0.717) is 17.3 Å². The number of carbonyl (C=O) groups excluding carboxylic acids is 1. The summed E-state index contributed by atoms with van der Waals surface area (Å²) in [5, 5.41) is 11.5. The molecule has 1 saturated heterocycles. The van der Waals surface area contributed by atoms with Gasteiger partial charge in [0.2, 0.25) is 0 Å². The van der Waals surface area contributed by atoms with Crippen LogP contribution in [0.25, 0.3) is 6.08 Å². The highest BCUT2D eigenvalue weighted by Crippen LogP contribution is 2.23. The Labute approximate surface area is 127 Å². The lowest BCUT2D eigenvalue weighted by Crippen LogP contribution is -2.32. The van der Waals surface area contributed by atoms with Gasteiger partial charge in [-0.1, -0.05) is 6.92 Å². The average Bonchev–Trinajstić information content (AvgIpc) is 3.11. The van der Waals surface area contributed by atoms with Crippen molar-refractivity contribution in [2.24, 2.45) is 5.92 Å². The van der Waals surface area contributed by atoms with Crippen molar-refractivity contribution in [2.75, 3.05) is 13.2 Å². The molecule has 2 rings (SSSR count). The normalized spacial score (nSPS) is 21.8. The average molecular weight is 309 g/mol. The molecule has 2 atom stereocenters. The number of carboxylic acid groups (broad SMARTS) is 1. The minimum atomic E-state index is -0.999. The summed E-state index contributed by atoms with van der Waals surface area (Å²) in [6, 6.07) is 3.45. The summed E-state index contributed by atoms with van der Waals surface area (Å²) in [7, 11) is 0. The topological polar surface area (TPSA) is 75.6 Å². The van der Waals surface area contributed by atoms with E-state index < -0.39 is 5.97 Å². The number of hydrogen-bond donors (Lipinski definition) is 2. The van der Waals surface area contributed by atoms with Crippen LogP contribution in [0.5, 0.6) is 0 Å². The Balaban J connectivity index is 1.87. The van der Waals surface area contributed by atoms with Crippen LogP contribution in [0.4, 0.5) is 0 Å². The highest BCUT2D eigenvalue weighted by molar-refractivity contribution is 7.14. The molecule has 6 heteroatoms. The Morgan fingerprint density at radius 2 is 2.33 bits per heavy atom. The van der Waals surface area contributed by atoms with E-state index in [4.69, 9.17) is 9.84 Å². The molecule has 1 aliphatic heterocycles. The van der Waals surface area contributed by atoms with Crippen molar-refractivity contribution < 1.29 is 19.4 Å². The predicted molar refractivity (Wildman–Crippen MR) is 81.5 cm³/mol. The second kappa shape index (κ2) is 7.38. The van der Waals surface area contributed by atoms with Crippen LogP contribution >= 0.6 is 11.3 Å². The van der Waals surface area contributed by atoms with Crippen molar-refractivity contribution in [3.05, 3.63) is 28.0 Å². The molecule has 0 aromatic carbocycles. The van der Waals surface area contributed by atoms with Gasteiger partial charge in [-0.05, 0) is 31.1 Å². The van der Waals surface area contributed by atoms with E-state index >= 15 is 0 Å². The molecule has 0 radical (unpaired) electrons. The zero-order valence-corrected chi connectivity index (χ0v) is 12.7. The van der Waals surface area contributed by atoms with Gasteiger partial charge < -0.3 is 15.2 Å². The quantitative estimate of drug-likeness (QED) is 0.791. The maximum Gasteiger partial charge on any atom is 0.328 e. The van der Waals surface area contributed by atoms with Gasteiger partial charge in [0.1, 0.15) is 0 Å². The molecule has 0 bridgehead atoms. The summed E-state index contributed by atoms with van der Waals surface area (Å²) in [6.07, 6.45) is 4.74. The first-order chi connectivity index (χ1) is 10.1. The highest BCUT2D eigenvalue weighted by Gasteiger charge is 2.27. The number of amides is 1. The van der Waals surface area contributed by atoms with E-state index in [9.17, 15) is 9.59 Å². The molecule has 1 aromatic rings. The van der Waals surface area contributed by atoms with Crippen molar-refractivity contribution in [3.63, 3.8) is 0 Å². The highest BCUT2D eigenvalue weighted by atomic mass is 32.1. The second-order valence-corrected chi connectivity index (χ2v) is 6.07. The Hall–Kier alpha value is -1.66. The molecule has 2 heterocycles. The number of thiophene rings is 1. The van der Waals surface area contributed by atoms with E-state index in [1.807, 2.05) is 0 Å². The molecular formula is C15H19NO4S. The SMILES string of the molecule is CCC1OCCC1CNC(=O)c1ccc(/C=C/C(=O)O)s1. The number of carboxylic acids is 1. The van der Waals surface area contributed by atoms with Crippen LogP contribution in [0.3, 0.4) is 0 Å². The lowest BCUT2D eigenvalue weighted by molar-refractivity contribution is -0.131. The number of aliphatic carboxylic acids is 1. The number of carbonyl (C=O) groups is 2. The van der Waals surface area contributed by atoms with E-state index in [1.54, 1.807) is 12.1 Å². The standard InChI is InChI=1S/C15H19NO4S/c1-2-12-10(7-8-20-12)9-16-15(19)13-5-3-11(21-13)4-6-14(17)18/h3-6,10,12H,2,7-9H2,1H3,(H,16,19)(H,17,18)/b6-4+. The molecule has 0 aliphatic carbocycles. The number of nitrogens with one attached hydrogen (secondary N) is 1. The molecule has 1 amide bonds. The van der Waals surface area contributed by atoms with Crippen LogP contribution < -0.4 is 5.32 Å². The summed E-state index contributed by atoms with van der Waals surface area (Å²) in [5.41, 5.74) is 0. The molecule has 1 aromatic heterocycles. The first-order valence-corrected chi connectivity index (χ1v) is 7.82. The van der Waals surface area contributed by atoms with Crippen LogP contribution in [-0.4, -0.2) is 36.2 Å². The minimum absolute atomic E-state index is 0.114. The Bertz CT molecular complexity index is 538. The number of ether oxygens (including phenoxy) is 1.